The lowest BCUT2D eigenvalue weighted by atomic mass is 10.1. The number of amides is 1. The van der Waals surface area contributed by atoms with Gasteiger partial charge in [0.05, 0.1) is 6.42 Å². The normalized spacial score (nSPS) is 9.93. The number of likely N-dealkylation sites (N-methyl/N-ethyl adjacent to an activating group) is 1. The molecule has 3 nitrogen and oxygen atoms in total. The van der Waals surface area contributed by atoms with E-state index in [0.29, 0.717) is 6.42 Å². The van der Waals surface area contributed by atoms with Crippen LogP contribution in [0.1, 0.15) is 11.1 Å². The summed E-state index contributed by atoms with van der Waals surface area (Å²) in [4.78, 5) is 13.0. The standard InChI is InChI=1S/C11H16N2O/c1-8-4-5-9(6-10(8)12)7-11(14)13(2)3/h4-6H,7,12H2,1-3H3. The zero-order valence-electron chi connectivity index (χ0n) is 8.87. The zero-order chi connectivity index (χ0) is 10.7. The molecular formula is C11H16N2O. The van der Waals surface area contributed by atoms with Crippen LogP contribution in [0.4, 0.5) is 5.69 Å². The van der Waals surface area contributed by atoms with Gasteiger partial charge in [-0.05, 0) is 24.1 Å². The first-order valence-corrected chi connectivity index (χ1v) is 4.56. The Kier molecular flexibility index (Phi) is 3.12. The largest absolute Gasteiger partial charge is 0.399 e. The van der Waals surface area contributed by atoms with Crippen LogP contribution in [0.5, 0.6) is 0 Å². The molecule has 0 atom stereocenters. The zero-order valence-corrected chi connectivity index (χ0v) is 8.87. The lowest BCUT2D eigenvalue weighted by molar-refractivity contribution is -0.127. The number of nitrogens with two attached hydrogens (primary N) is 1. The van der Waals surface area contributed by atoms with Crippen LogP contribution in [-0.4, -0.2) is 24.9 Å². The topological polar surface area (TPSA) is 46.3 Å². The number of carbonyl (C=O) groups excluding carboxylic acids is 1. The van der Waals surface area contributed by atoms with Crippen LogP contribution < -0.4 is 5.73 Å². The number of anilines is 1. The molecule has 0 aromatic heterocycles. The molecule has 0 unspecified atom stereocenters. The molecule has 0 aliphatic rings. The summed E-state index contributed by atoms with van der Waals surface area (Å²) < 4.78 is 0. The average molecular weight is 192 g/mol. The highest BCUT2D eigenvalue weighted by Crippen LogP contribution is 2.13. The van der Waals surface area contributed by atoms with E-state index < -0.39 is 0 Å². The Morgan fingerprint density at radius 3 is 2.57 bits per heavy atom. The predicted octanol–water partition coefficient (Wildman–Crippen LogP) is 1.21. The first kappa shape index (κ1) is 10.6. The first-order valence-electron chi connectivity index (χ1n) is 4.56. The summed E-state index contributed by atoms with van der Waals surface area (Å²) in [5.74, 6) is 0.0910. The number of nitrogens with zero attached hydrogens (tertiary/aromatic N) is 1. The van der Waals surface area contributed by atoms with E-state index in [9.17, 15) is 4.79 Å². The Morgan fingerprint density at radius 2 is 2.07 bits per heavy atom. The summed E-state index contributed by atoms with van der Waals surface area (Å²) in [5.41, 5.74) is 8.50. The van der Waals surface area contributed by atoms with E-state index in [1.54, 1.807) is 19.0 Å². The molecule has 0 fully saturated rings. The third-order valence-electron chi connectivity index (χ3n) is 2.20. The molecule has 0 saturated heterocycles. The smallest absolute Gasteiger partial charge is 0.226 e. The van der Waals surface area contributed by atoms with Gasteiger partial charge in [-0.1, -0.05) is 12.1 Å². The van der Waals surface area contributed by atoms with Crippen molar-refractivity contribution in [2.24, 2.45) is 0 Å². The van der Waals surface area contributed by atoms with Crippen LogP contribution in [-0.2, 0) is 11.2 Å². The van der Waals surface area contributed by atoms with Crippen molar-refractivity contribution in [1.82, 2.24) is 4.90 Å². The third kappa shape index (κ3) is 2.49. The summed E-state index contributed by atoms with van der Waals surface area (Å²) >= 11 is 0. The van der Waals surface area contributed by atoms with Gasteiger partial charge in [-0.15, -0.1) is 0 Å². The Labute approximate surface area is 84.5 Å². The van der Waals surface area contributed by atoms with Crippen molar-refractivity contribution in [3.05, 3.63) is 29.3 Å². The molecule has 0 aliphatic heterocycles. The molecule has 76 valence electrons. The van der Waals surface area contributed by atoms with Gasteiger partial charge in [-0.25, -0.2) is 0 Å². The quantitative estimate of drug-likeness (QED) is 0.716. The number of hydrogen-bond donors (Lipinski definition) is 1. The highest BCUT2D eigenvalue weighted by Gasteiger charge is 2.05. The second-order valence-corrected chi connectivity index (χ2v) is 3.66. The summed E-state index contributed by atoms with van der Waals surface area (Å²) in [6, 6.07) is 5.73. The van der Waals surface area contributed by atoms with Crippen molar-refractivity contribution in [1.29, 1.82) is 0 Å². The maximum atomic E-state index is 11.4. The predicted molar refractivity (Wildman–Crippen MR) is 58.0 cm³/mol. The maximum absolute atomic E-state index is 11.4. The summed E-state index contributed by atoms with van der Waals surface area (Å²) in [6.07, 6.45) is 0.414. The molecular weight excluding hydrogens is 176 g/mol. The Bertz CT molecular complexity index is 345. The summed E-state index contributed by atoms with van der Waals surface area (Å²) in [7, 11) is 3.50. The fourth-order valence-corrected chi connectivity index (χ4v) is 1.13. The molecule has 0 spiro atoms. The van der Waals surface area contributed by atoms with Crippen LogP contribution >= 0.6 is 0 Å². The second kappa shape index (κ2) is 4.13. The minimum Gasteiger partial charge on any atom is -0.399 e. The Balaban J connectivity index is 2.78. The lowest BCUT2D eigenvalue weighted by Gasteiger charge is -2.10. The molecule has 2 N–H and O–H groups in total. The monoisotopic (exact) mass is 192 g/mol. The van der Waals surface area contributed by atoms with E-state index in [4.69, 9.17) is 5.73 Å². The SMILES string of the molecule is Cc1ccc(CC(=O)N(C)C)cc1N. The van der Waals surface area contributed by atoms with Crippen LogP contribution in [0, 0.1) is 6.92 Å². The molecule has 0 saturated carbocycles. The van der Waals surface area contributed by atoms with E-state index in [1.165, 1.54) is 0 Å². The minimum absolute atomic E-state index is 0.0910. The van der Waals surface area contributed by atoms with Crippen LogP contribution in [0.2, 0.25) is 0 Å². The number of benzene rings is 1. The fourth-order valence-electron chi connectivity index (χ4n) is 1.13. The van der Waals surface area contributed by atoms with Crippen molar-refractivity contribution < 1.29 is 4.79 Å². The minimum atomic E-state index is 0.0910. The molecule has 1 aromatic carbocycles. The molecule has 0 heterocycles. The number of carbonyl (C=O) groups is 1. The van der Waals surface area contributed by atoms with Crippen molar-refractivity contribution in [3.8, 4) is 0 Å². The van der Waals surface area contributed by atoms with Gasteiger partial charge in [0.2, 0.25) is 5.91 Å². The lowest BCUT2D eigenvalue weighted by Crippen LogP contribution is -2.23. The number of rotatable bonds is 2. The molecule has 1 aromatic rings. The van der Waals surface area contributed by atoms with Gasteiger partial charge in [0.1, 0.15) is 0 Å². The molecule has 0 bridgehead atoms. The van der Waals surface area contributed by atoms with Gasteiger partial charge in [0.25, 0.3) is 0 Å². The number of hydrogen-bond acceptors (Lipinski definition) is 2. The summed E-state index contributed by atoms with van der Waals surface area (Å²) in [6.45, 7) is 1.95. The number of aryl methyl sites for hydroxylation is 1. The van der Waals surface area contributed by atoms with Crippen LogP contribution in [0.3, 0.4) is 0 Å². The third-order valence-corrected chi connectivity index (χ3v) is 2.20. The molecule has 1 rings (SSSR count). The van der Waals surface area contributed by atoms with E-state index in [0.717, 1.165) is 16.8 Å². The van der Waals surface area contributed by atoms with Crippen molar-refractivity contribution >= 4 is 11.6 Å². The van der Waals surface area contributed by atoms with E-state index in [1.807, 2.05) is 25.1 Å². The Hall–Kier alpha value is -1.51. The molecule has 0 aliphatic carbocycles. The Morgan fingerprint density at radius 1 is 1.43 bits per heavy atom. The van der Waals surface area contributed by atoms with Crippen molar-refractivity contribution in [3.63, 3.8) is 0 Å². The second-order valence-electron chi connectivity index (χ2n) is 3.66. The van der Waals surface area contributed by atoms with Crippen molar-refractivity contribution in [2.75, 3.05) is 19.8 Å². The molecule has 1 amide bonds. The van der Waals surface area contributed by atoms with E-state index in [-0.39, 0.29) is 5.91 Å². The summed E-state index contributed by atoms with van der Waals surface area (Å²) in [5, 5.41) is 0. The van der Waals surface area contributed by atoms with Gasteiger partial charge >= 0.3 is 0 Å². The van der Waals surface area contributed by atoms with Gasteiger partial charge in [-0.2, -0.15) is 0 Å². The van der Waals surface area contributed by atoms with Gasteiger partial charge in [0.15, 0.2) is 0 Å². The maximum Gasteiger partial charge on any atom is 0.226 e. The van der Waals surface area contributed by atoms with Gasteiger partial charge < -0.3 is 10.6 Å². The van der Waals surface area contributed by atoms with E-state index in [2.05, 4.69) is 0 Å². The van der Waals surface area contributed by atoms with E-state index >= 15 is 0 Å². The fraction of sp³-hybridized carbons (Fsp3) is 0.364. The van der Waals surface area contributed by atoms with Gasteiger partial charge in [-0.3, -0.25) is 4.79 Å². The van der Waals surface area contributed by atoms with Crippen LogP contribution in [0.25, 0.3) is 0 Å². The molecule has 3 heteroatoms. The van der Waals surface area contributed by atoms with Crippen molar-refractivity contribution in [2.45, 2.75) is 13.3 Å². The molecule has 14 heavy (non-hydrogen) atoms. The first-order chi connectivity index (χ1) is 6.50. The van der Waals surface area contributed by atoms with Crippen LogP contribution in [0.15, 0.2) is 18.2 Å². The number of nitrogen functional groups attached to an aromatic ring is 1. The highest BCUT2D eigenvalue weighted by atomic mass is 16.2. The molecule has 0 radical (unpaired) electrons. The average Bonchev–Trinajstić information content (AvgIpc) is 2.11. The highest BCUT2D eigenvalue weighted by molar-refractivity contribution is 5.78. The van der Waals surface area contributed by atoms with Gasteiger partial charge in [0, 0.05) is 19.8 Å².